The van der Waals surface area contributed by atoms with Crippen molar-refractivity contribution in [2.24, 2.45) is 5.73 Å². The molecule has 0 bridgehead atoms. The van der Waals surface area contributed by atoms with Gasteiger partial charge in [-0.1, -0.05) is 19.1 Å². The van der Waals surface area contributed by atoms with Crippen molar-refractivity contribution in [2.75, 3.05) is 0 Å². The summed E-state index contributed by atoms with van der Waals surface area (Å²) in [6.45, 7) is 5.66. The highest BCUT2D eigenvalue weighted by Gasteiger charge is 2.07. The lowest BCUT2D eigenvalue weighted by molar-refractivity contribution is 0.558. The maximum absolute atomic E-state index is 5.52. The van der Waals surface area contributed by atoms with Gasteiger partial charge in [-0.05, 0) is 12.8 Å². The van der Waals surface area contributed by atoms with Gasteiger partial charge in [-0.25, -0.2) is 4.68 Å². The van der Waals surface area contributed by atoms with E-state index in [4.69, 9.17) is 5.73 Å². The molecule has 0 aliphatic rings. The van der Waals surface area contributed by atoms with Gasteiger partial charge in [0.25, 0.3) is 0 Å². The van der Waals surface area contributed by atoms with Crippen molar-refractivity contribution in [1.82, 2.24) is 15.0 Å². The Labute approximate surface area is 72.8 Å². The Kier molecular flexibility index (Phi) is 3.22. The summed E-state index contributed by atoms with van der Waals surface area (Å²) >= 11 is 0. The average Bonchev–Trinajstić information content (AvgIpc) is 2.47. The largest absolute Gasteiger partial charge is 0.325 e. The van der Waals surface area contributed by atoms with Gasteiger partial charge >= 0.3 is 0 Å². The SMILES string of the molecule is CCCn1nnc(CN)c1CC. The third kappa shape index (κ3) is 1.64. The molecule has 0 aromatic carbocycles. The average molecular weight is 168 g/mol. The van der Waals surface area contributed by atoms with E-state index < -0.39 is 0 Å². The van der Waals surface area contributed by atoms with E-state index in [-0.39, 0.29) is 0 Å². The first-order valence-corrected chi connectivity index (χ1v) is 4.44. The number of nitrogens with two attached hydrogens (primary N) is 1. The predicted molar refractivity (Wildman–Crippen MR) is 47.6 cm³/mol. The highest BCUT2D eigenvalue weighted by atomic mass is 15.4. The Morgan fingerprint density at radius 3 is 2.67 bits per heavy atom. The van der Waals surface area contributed by atoms with Gasteiger partial charge < -0.3 is 5.73 Å². The summed E-state index contributed by atoms with van der Waals surface area (Å²) in [4.78, 5) is 0. The van der Waals surface area contributed by atoms with E-state index in [1.807, 2.05) is 4.68 Å². The molecule has 0 spiro atoms. The second-order valence-corrected chi connectivity index (χ2v) is 2.76. The quantitative estimate of drug-likeness (QED) is 0.720. The molecule has 0 saturated carbocycles. The van der Waals surface area contributed by atoms with Crippen LogP contribution in [0, 0.1) is 0 Å². The molecule has 68 valence electrons. The summed E-state index contributed by atoms with van der Waals surface area (Å²) in [5.41, 5.74) is 7.64. The van der Waals surface area contributed by atoms with Gasteiger partial charge in [-0.2, -0.15) is 0 Å². The second-order valence-electron chi connectivity index (χ2n) is 2.76. The van der Waals surface area contributed by atoms with Gasteiger partial charge in [-0.3, -0.25) is 0 Å². The fourth-order valence-corrected chi connectivity index (χ4v) is 1.31. The van der Waals surface area contributed by atoms with Crippen LogP contribution in [0.5, 0.6) is 0 Å². The van der Waals surface area contributed by atoms with Gasteiger partial charge in [0.05, 0.1) is 11.4 Å². The maximum Gasteiger partial charge on any atom is 0.0994 e. The molecule has 0 fully saturated rings. The predicted octanol–water partition coefficient (Wildman–Crippen LogP) is 0.709. The highest BCUT2D eigenvalue weighted by molar-refractivity contribution is 5.09. The van der Waals surface area contributed by atoms with E-state index in [9.17, 15) is 0 Å². The Morgan fingerprint density at radius 2 is 2.17 bits per heavy atom. The first kappa shape index (κ1) is 9.19. The van der Waals surface area contributed by atoms with Crippen LogP contribution in [-0.4, -0.2) is 15.0 Å². The first-order valence-electron chi connectivity index (χ1n) is 4.44. The minimum absolute atomic E-state index is 0.493. The van der Waals surface area contributed by atoms with Crippen LogP contribution in [0.25, 0.3) is 0 Å². The standard InChI is InChI=1S/C8H16N4/c1-3-5-12-8(4-2)7(6-9)10-11-12/h3-6,9H2,1-2H3. The van der Waals surface area contributed by atoms with Crippen LogP contribution >= 0.6 is 0 Å². The summed E-state index contributed by atoms with van der Waals surface area (Å²) in [5, 5.41) is 8.05. The topological polar surface area (TPSA) is 56.7 Å². The van der Waals surface area contributed by atoms with Gasteiger partial charge in [0.2, 0.25) is 0 Å². The molecule has 4 heteroatoms. The van der Waals surface area contributed by atoms with Crippen molar-refractivity contribution in [2.45, 2.75) is 39.8 Å². The Bertz CT molecular complexity index is 241. The Morgan fingerprint density at radius 1 is 1.42 bits per heavy atom. The van der Waals surface area contributed by atoms with E-state index in [2.05, 4.69) is 24.2 Å². The minimum Gasteiger partial charge on any atom is -0.325 e. The molecule has 0 radical (unpaired) electrons. The molecule has 0 atom stereocenters. The van der Waals surface area contributed by atoms with E-state index in [0.29, 0.717) is 6.54 Å². The molecule has 1 heterocycles. The fourth-order valence-electron chi connectivity index (χ4n) is 1.31. The summed E-state index contributed by atoms with van der Waals surface area (Å²) in [6, 6.07) is 0. The lowest BCUT2D eigenvalue weighted by Gasteiger charge is -2.02. The zero-order valence-corrected chi connectivity index (χ0v) is 7.75. The zero-order valence-electron chi connectivity index (χ0n) is 7.75. The van der Waals surface area contributed by atoms with Gasteiger partial charge in [0.1, 0.15) is 0 Å². The van der Waals surface area contributed by atoms with Crippen molar-refractivity contribution in [3.8, 4) is 0 Å². The van der Waals surface area contributed by atoms with Crippen molar-refractivity contribution < 1.29 is 0 Å². The summed E-state index contributed by atoms with van der Waals surface area (Å²) in [5.74, 6) is 0. The molecule has 0 unspecified atom stereocenters. The fraction of sp³-hybridized carbons (Fsp3) is 0.750. The van der Waals surface area contributed by atoms with Crippen molar-refractivity contribution in [1.29, 1.82) is 0 Å². The summed E-state index contributed by atoms with van der Waals surface area (Å²) in [7, 11) is 0. The van der Waals surface area contributed by atoms with Gasteiger partial charge in [0.15, 0.2) is 0 Å². The second kappa shape index (κ2) is 4.21. The van der Waals surface area contributed by atoms with Gasteiger partial charge in [-0.15, -0.1) is 5.10 Å². The van der Waals surface area contributed by atoms with Crippen LogP contribution < -0.4 is 5.73 Å². The third-order valence-electron chi connectivity index (χ3n) is 1.88. The van der Waals surface area contributed by atoms with E-state index in [1.54, 1.807) is 0 Å². The number of hydrogen-bond donors (Lipinski definition) is 1. The summed E-state index contributed by atoms with van der Waals surface area (Å²) < 4.78 is 1.95. The molecule has 0 aliphatic carbocycles. The molecule has 1 rings (SSSR count). The highest BCUT2D eigenvalue weighted by Crippen LogP contribution is 2.05. The number of rotatable bonds is 4. The molecule has 0 aliphatic heterocycles. The zero-order chi connectivity index (χ0) is 8.97. The number of aryl methyl sites for hydroxylation is 1. The lowest BCUT2D eigenvalue weighted by Crippen LogP contribution is -2.06. The van der Waals surface area contributed by atoms with Crippen LogP contribution in [0.2, 0.25) is 0 Å². The number of hydrogen-bond acceptors (Lipinski definition) is 3. The minimum atomic E-state index is 0.493. The van der Waals surface area contributed by atoms with Crippen LogP contribution in [0.3, 0.4) is 0 Å². The molecule has 2 N–H and O–H groups in total. The lowest BCUT2D eigenvalue weighted by atomic mass is 10.2. The van der Waals surface area contributed by atoms with Crippen LogP contribution in [0.4, 0.5) is 0 Å². The summed E-state index contributed by atoms with van der Waals surface area (Å²) in [6.07, 6.45) is 2.04. The molecule has 12 heavy (non-hydrogen) atoms. The number of nitrogens with zero attached hydrogens (tertiary/aromatic N) is 3. The van der Waals surface area contributed by atoms with Gasteiger partial charge in [0, 0.05) is 13.1 Å². The number of aromatic nitrogens is 3. The normalized spacial score (nSPS) is 10.6. The van der Waals surface area contributed by atoms with Crippen LogP contribution in [0.15, 0.2) is 0 Å². The monoisotopic (exact) mass is 168 g/mol. The first-order chi connectivity index (χ1) is 5.83. The van der Waals surface area contributed by atoms with E-state index in [0.717, 1.165) is 25.1 Å². The maximum atomic E-state index is 5.52. The van der Waals surface area contributed by atoms with Crippen molar-refractivity contribution in [3.05, 3.63) is 11.4 Å². The molecule has 1 aromatic rings. The van der Waals surface area contributed by atoms with Crippen LogP contribution in [0.1, 0.15) is 31.7 Å². The molecular formula is C8H16N4. The van der Waals surface area contributed by atoms with Crippen LogP contribution in [-0.2, 0) is 19.5 Å². The Balaban J connectivity index is 2.88. The molecule has 4 nitrogen and oxygen atoms in total. The Hall–Kier alpha value is -0.900. The van der Waals surface area contributed by atoms with Crippen molar-refractivity contribution >= 4 is 0 Å². The van der Waals surface area contributed by atoms with E-state index in [1.165, 1.54) is 5.69 Å². The third-order valence-corrected chi connectivity index (χ3v) is 1.88. The molecule has 0 saturated heterocycles. The van der Waals surface area contributed by atoms with Crippen molar-refractivity contribution in [3.63, 3.8) is 0 Å². The van der Waals surface area contributed by atoms with E-state index >= 15 is 0 Å². The molecule has 1 aromatic heterocycles. The molecular weight excluding hydrogens is 152 g/mol. The smallest absolute Gasteiger partial charge is 0.0994 e. The molecule has 0 amide bonds.